The van der Waals surface area contributed by atoms with Gasteiger partial charge in [0.25, 0.3) is 11.5 Å². The molecule has 38 heavy (non-hydrogen) atoms. The van der Waals surface area contributed by atoms with E-state index >= 15 is 0 Å². The maximum Gasteiger partial charge on any atom is 0.297 e. The average molecular weight is 522 g/mol. The van der Waals surface area contributed by atoms with Crippen molar-refractivity contribution in [3.05, 3.63) is 122 Å². The molecule has 0 unspecified atom stereocenters. The third-order valence-corrected chi connectivity index (χ3v) is 7.25. The molecule has 1 aliphatic rings. The van der Waals surface area contributed by atoms with Gasteiger partial charge in [-0.15, -0.1) is 0 Å². The predicted octanol–water partition coefficient (Wildman–Crippen LogP) is 5.74. The summed E-state index contributed by atoms with van der Waals surface area (Å²) in [5.41, 5.74) is 5.43. The van der Waals surface area contributed by atoms with Crippen LogP contribution in [0.3, 0.4) is 0 Å². The standard InChI is InChI=1S/C30H27N5O2S/c1-20-10-14-23(15-11-20)18-26-28(36)34(31-19-24-16-12-21(2)13-17-24)30(38-26)32-27-22(3)33(4)35(29(27)37)25-8-6-5-7-9-25/h5-19H,1-4H3/b26-18+,31-19-,32-30?. The number of carbonyl (C=O) groups excluding carboxylic acids is 1. The summed E-state index contributed by atoms with van der Waals surface area (Å²) in [5, 5.41) is 6.07. The molecule has 7 nitrogen and oxygen atoms in total. The second-order valence-corrected chi connectivity index (χ2v) is 10.1. The van der Waals surface area contributed by atoms with Gasteiger partial charge in [0, 0.05) is 7.05 Å². The third kappa shape index (κ3) is 5.03. The lowest BCUT2D eigenvalue weighted by Gasteiger charge is -2.08. The lowest BCUT2D eigenvalue weighted by atomic mass is 10.1. The monoisotopic (exact) mass is 521 g/mol. The van der Waals surface area contributed by atoms with Gasteiger partial charge in [0.1, 0.15) is 0 Å². The number of benzene rings is 3. The van der Waals surface area contributed by atoms with Crippen LogP contribution in [0.25, 0.3) is 11.8 Å². The first kappa shape index (κ1) is 25.2. The van der Waals surface area contributed by atoms with E-state index in [4.69, 9.17) is 4.99 Å². The van der Waals surface area contributed by atoms with Crippen LogP contribution in [0.1, 0.15) is 27.9 Å². The number of amides is 1. The summed E-state index contributed by atoms with van der Waals surface area (Å²) in [6, 6.07) is 25.2. The zero-order valence-electron chi connectivity index (χ0n) is 21.6. The van der Waals surface area contributed by atoms with Gasteiger partial charge in [-0.2, -0.15) is 10.1 Å². The van der Waals surface area contributed by atoms with Gasteiger partial charge in [0.2, 0.25) is 0 Å². The molecule has 0 atom stereocenters. The SMILES string of the molecule is Cc1ccc(/C=N\N2C(=O)/C(=C\c3ccc(C)cc3)SC2=Nc2c(C)n(C)n(-c3ccccc3)c2=O)cc1. The Balaban J connectivity index is 1.59. The Labute approximate surface area is 225 Å². The van der Waals surface area contributed by atoms with Crippen LogP contribution in [-0.2, 0) is 11.8 Å². The minimum absolute atomic E-state index is 0.263. The Morgan fingerprint density at radius 2 is 1.39 bits per heavy atom. The minimum Gasteiger partial charge on any atom is -0.283 e. The van der Waals surface area contributed by atoms with Crippen molar-refractivity contribution in [2.45, 2.75) is 20.8 Å². The van der Waals surface area contributed by atoms with Crippen molar-refractivity contribution in [2.24, 2.45) is 17.1 Å². The molecule has 0 spiro atoms. The summed E-state index contributed by atoms with van der Waals surface area (Å²) >= 11 is 1.20. The Kier molecular flexibility index (Phi) is 6.98. The van der Waals surface area contributed by atoms with E-state index in [1.807, 2.05) is 113 Å². The number of hydrogen-bond donors (Lipinski definition) is 0. The third-order valence-electron chi connectivity index (χ3n) is 6.29. The number of aryl methyl sites for hydroxylation is 2. The summed E-state index contributed by atoms with van der Waals surface area (Å²) in [5.74, 6) is -0.297. The van der Waals surface area contributed by atoms with Gasteiger partial charge in [0.15, 0.2) is 10.9 Å². The number of para-hydroxylation sites is 1. The number of hydrazone groups is 1. The fourth-order valence-electron chi connectivity index (χ4n) is 4.01. The molecule has 1 aliphatic heterocycles. The quantitative estimate of drug-likeness (QED) is 0.248. The average Bonchev–Trinajstić information content (AvgIpc) is 3.32. The number of amidine groups is 1. The van der Waals surface area contributed by atoms with Crippen LogP contribution >= 0.6 is 11.8 Å². The van der Waals surface area contributed by atoms with Gasteiger partial charge >= 0.3 is 0 Å². The molecular weight excluding hydrogens is 494 g/mol. The summed E-state index contributed by atoms with van der Waals surface area (Å²) in [4.78, 5) is 32.1. The largest absolute Gasteiger partial charge is 0.297 e. The van der Waals surface area contributed by atoms with E-state index in [1.54, 1.807) is 15.6 Å². The molecule has 0 aliphatic carbocycles. The summed E-state index contributed by atoms with van der Waals surface area (Å²) in [6.07, 6.45) is 3.45. The second-order valence-electron chi connectivity index (χ2n) is 9.10. The summed E-state index contributed by atoms with van der Waals surface area (Å²) in [7, 11) is 1.82. The smallest absolute Gasteiger partial charge is 0.283 e. The molecule has 1 amide bonds. The van der Waals surface area contributed by atoms with E-state index in [-0.39, 0.29) is 17.2 Å². The van der Waals surface area contributed by atoms with Crippen molar-refractivity contribution < 1.29 is 4.79 Å². The highest BCUT2D eigenvalue weighted by molar-refractivity contribution is 8.18. The normalized spacial score (nSPS) is 15.9. The molecule has 3 aromatic carbocycles. The molecule has 0 N–H and O–H groups in total. The van der Waals surface area contributed by atoms with E-state index in [2.05, 4.69) is 5.10 Å². The zero-order chi connectivity index (χ0) is 26.8. The molecule has 0 saturated carbocycles. The van der Waals surface area contributed by atoms with Crippen molar-refractivity contribution >= 4 is 40.8 Å². The number of carbonyl (C=O) groups is 1. The fourth-order valence-corrected chi connectivity index (χ4v) is 4.93. The molecule has 2 heterocycles. The van der Waals surface area contributed by atoms with Crippen molar-refractivity contribution in [3.63, 3.8) is 0 Å². The van der Waals surface area contributed by atoms with Crippen molar-refractivity contribution in [1.29, 1.82) is 0 Å². The minimum atomic E-state index is -0.297. The first-order chi connectivity index (χ1) is 18.3. The van der Waals surface area contributed by atoms with Gasteiger partial charge in [-0.1, -0.05) is 77.9 Å². The number of hydrogen-bond acceptors (Lipinski definition) is 5. The summed E-state index contributed by atoms with van der Waals surface area (Å²) in [6.45, 7) is 5.87. The topological polar surface area (TPSA) is 72.0 Å². The van der Waals surface area contributed by atoms with Gasteiger partial charge in [-0.05, 0) is 61.9 Å². The molecule has 1 fully saturated rings. The van der Waals surface area contributed by atoms with Crippen LogP contribution in [0.2, 0.25) is 0 Å². The number of rotatable bonds is 5. The number of nitrogens with zero attached hydrogens (tertiary/aromatic N) is 5. The lowest BCUT2D eigenvalue weighted by molar-refractivity contribution is -0.122. The maximum atomic E-state index is 13.5. The molecule has 4 aromatic rings. The van der Waals surface area contributed by atoms with E-state index in [0.717, 1.165) is 27.9 Å². The molecule has 190 valence electrons. The Bertz CT molecular complexity index is 1640. The van der Waals surface area contributed by atoms with Crippen LogP contribution in [0.4, 0.5) is 5.69 Å². The van der Waals surface area contributed by atoms with E-state index in [0.29, 0.717) is 15.8 Å². The molecule has 1 saturated heterocycles. The molecule has 0 bridgehead atoms. The van der Waals surface area contributed by atoms with Crippen molar-refractivity contribution in [1.82, 2.24) is 14.4 Å². The predicted molar refractivity (Wildman–Crippen MR) is 155 cm³/mol. The second kappa shape index (κ2) is 10.5. The highest BCUT2D eigenvalue weighted by atomic mass is 32.2. The number of aromatic nitrogens is 2. The van der Waals surface area contributed by atoms with Crippen LogP contribution in [-0.4, -0.2) is 31.7 Å². The number of thioether (sulfide) groups is 1. The molecule has 0 radical (unpaired) electrons. The first-order valence-electron chi connectivity index (χ1n) is 12.2. The highest BCUT2D eigenvalue weighted by Gasteiger charge is 2.34. The van der Waals surface area contributed by atoms with Crippen molar-refractivity contribution in [3.8, 4) is 5.69 Å². The van der Waals surface area contributed by atoms with Crippen LogP contribution in [0, 0.1) is 20.8 Å². The maximum absolute atomic E-state index is 13.5. The van der Waals surface area contributed by atoms with E-state index in [1.165, 1.54) is 16.8 Å². The van der Waals surface area contributed by atoms with E-state index in [9.17, 15) is 9.59 Å². The number of aliphatic imine (C=N–C) groups is 1. The van der Waals surface area contributed by atoms with Gasteiger partial charge in [-0.3, -0.25) is 14.3 Å². The fraction of sp³-hybridized carbons (Fsp3) is 0.133. The highest BCUT2D eigenvalue weighted by Crippen LogP contribution is 2.34. The van der Waals surface area contributed by atoms with Gasteiger partial charge in [0.05, 0.1) is 22.5 Å². The van der Waals surface area contributed by atoms with Gasteiger partial charge < -0.3 is 0 Å². The Morgan fingerprint density at radius 1 is 0.789 bits per heavy atom. The zero-order valence-corrected chi connectivity index (χ0v) is 22.4. The van der Waals surface area contributed by atoms with Crippen LogP contribution in [0.15, 0.2) is 98.7 Å². The van der Waals surface area contributed by atoms with Gasteiger partial charge in [-0.25, -0.2) is 9.67 Å². The van der Waals surface area contributed by atoms with Crippen molar-refractivity contribution in [2.75, 3.05) is 0 Å². The molecular formula is C30H27N5O2S. The molecule has 8 heteroatoms. The van der Waals surface area contributed by atoms with E-state index < -0.39 is 0 Å². The van der Waals surface area contributed by atoms with Crippen LogP contribution in [0.5, 0.6) is 0 Å². The Hall–Kier alpha value is -4.43. The molecule has 5 rings (SSSR count). The summed E-state index contributed by atoms with van der Waals surface area (Å²) < 4.78 is 3.33. The molecule has 1 aromatic heterocycles. The first-order valence-corrected chi connectivity index (χ1v) is 13.0. The lowest BCUT2D eigenvalue weighted by Crippen LogP contribution is -2.24. The Morgan fingerprint density at radius 3 is 2.03 bits per heavy atom. The van der Waals surface area contributed by atoms with Crippen LogP contribution < -0.4 is 5.56 Å².